The molecule has 0 atom stereocenters. The van der Waals surface area contributed by atoms with Crippen LogP contribution in [0.15, 0.2) is 40.2 Å². The summed E-state index contributed by atoms with van der Waals surface area (Å²) in [6.45, 7) is 12.0. The Hall–Kier alpha value is -1.87. The van der Waals surface area contributed by atoms with Gasteiger partial charge in [0.25, 0.3) is 0 Å². The number of nitrogens with one attached hydrogen (secondary N) is 1. The van der Waals surface area contributed by atoms with Crippen LogP contribution >= 0.6 is 27.7 Å². The molecular weight excluding hydrogens is 501 g/mol. The second-order valence-corrected chi connectivity index (χ2v) is 8.50. The maximum absolute atomic E-state index is 13.1. The molecule has 0 aliphatic carbocycles. The van der Waals surface area contributed by atoms with Crippen LogP contribution < -0.4 is 5.32 Å². The summed E-state index contributed by atoms with van der Waals surface area (Å²) in [4.78, 5) is 13.2. The van der Waals surface area contributed by atoms with Gasteiger partial charge in [-0.1, -0.05) is 64.9 Å². The molecule has 0 fully saturated rings. The maximum atomic E-state index is 13.1. The standard InChI is InChI=1S/C18H16BrF3N4S.C3H8.C2H6/c1-3-27-17-25-14-9-23-15(19)7-12(14)16(26-17)24-8-11-5-4-6-13(10(11)2)18(20,21)22;1-3-2;1-2/h4-7,9H,3,8H2,1-2H3,(H,24,25,26);3H2,1-2H3;1-2H3. The first kappa shape index (κ1) is 28.2. The summed E-state index contributed by atoms with van der Waals surface area (Å²) in [6, 6.07) is 5.98. The highest BCUT2D eigenvalue weighted by molar-refractivity contribution is 9.10. The normalized spacial score (nSPS) is 10.7. The van der Waals surface area contributed by atoms with Crippen molar-refractivity contribution in [1.82, 2.24) is 15.0 Å². The lowest BCUT2D eigenvalue weighted by Gasteiger charge is -2.15. The Morgan fingerprint density at radius 2 is 1.75 bits per heavy atom. The zero-order valence-corrected chi connectivity index (χ0v) is 21.7. The summed E-state index contributed by atoms with van der Waals surface area (Å²) in [5.74, 6) is 1.37. The van der Waals surface area contributed by atoms with E-state index >= 15 is 0 Å². The summed E-state index contributed by atoms with van der Waals surface area (Å²) in [6.07, 6.45) is -1.48. The van der Waals surface area contributed by atoms with Crippen LogP contribution in [-0.4, -0.2) is 20.7 Å². The van der Waals surface area contributed by atoms with Crippen molar-refractivity contribution < 1.29 is 13.2 Å². The molecule has 176 valence electrons. The molecule has 3 rings (SSSR count). The maximum Gasteiger partial charge on any atom is 0.416 e. The predicted octanol–water partition coefficient (Wildman–Crippen LogP) is 8.28. The van der Waals surface area contributed by atoms with Crippen molar-refractivity contribution in [3.05, 3.63) is 51.8 Å². The lowest BCUT2D eigenvalue weighted by atomic mass is 10.0. The third-order valence-electron chi connectivity index (χ3n) is 4.00. The molecule has 3 aromatic rings. The third kappa shape index (κ3) is 7.92. The van der Waals surface area contributed by atoms with E-state index < -0.39 is 11.7 Å². The van der Waals surface area contributed by atoms with Gasteiger partial charge in [0.2, 0.25) is 0 Å². The van der Waals surface area contributed by atoms with Gasteiger partial charge in [-0.25, -0.2) is 15.0 Å². The molecule has 0 bridgehead atoms. The molecule has 4 nitrogen and oxygen atoms in total. The first-order valence-corrected chi connectivity index (χ1v) is 12.3. The van der Waals surface area contributed by atoms with Crippen LogP contribution in [0.4, 0.5) is 19.0 Å². The molecule has 0 aliphatic rings. The smallest absolute Gasteiger partial charge is 0.365 e. The van der Waals surface area contributed by atoms with Gasteiger partial charge in [-0.3, -0.25) is 0 Å². The average molecular weight is 531 g/mol. The molecular formula is C23H30BrF3N4S. The SMILES string of the molecule is CC.CCC.CCSc1nc(NCc2cccc(C(F)(F)F)c2C)c2cc(Br)ncc2n1. The van der Waals surface area contributed by atoms with Gasteiger partial charge in [-0.15, -0.1) is 0 Å². The van der Waals surface area contributed by atoms with Crippen molar-refractivity contribution in [3.8, 4) is 0 Å². The Morgan fingerprint density at radius 1 is 1.09 bits per heavy atom. The quantitative estimate of drug-likeness (QED) is 0.204. The lowest BCUT2D eigenvalue weighted by molar-refractivity contribution is -0.138. The number of nitrogens with zero attached hydrogens (tertiary/aromatic N) is 3. The van der Waals surface area contributed by atoms with Crippen molar-refractivity contribution in [2.24, 2.45) is 0 Å². The van der Waals surface area contributed by atoms with Crippen LogP contribution in [0, 0.1) is 6.92 Å². The Balaban J connectivity index is 0.000000944. The largest absolute Gasteiger partial charge is 0.416 e. The number of rotatable bonds is 5. The highest BCUT2D eigenvalue weighted by Crippen LogP contribution is 2.33. The van der Waals surface area contributed by atoms with Crippen molar-refractivity contribution >= 4 is 44.4 Å². The highest BCUT2D eigenvalue weighted by atomic mass is 79.9. The number of anilines is 1. The second kappa shape index (κ2) is 13.6. The number of hydrogen-bond acceptors (Lipinski definition) is 5. The van der Waals surface area contributed by atoms with Gasteiger partial charge >= 0.3 is 6.18 Å². The van der Waals surface area contributed by atoms with Crippen molar-refractivity contribution in [2.45, 2.75) is 65.8 Å². The van der Waals surface area contributed by atoms with E-state index in [1.165, 1.54) is 31.2 Å². The molecule has 2 heterocycles. The number of halogens is 4. The minimum atomic E-state index is -4.37. The van der Waals surface area contributed by atoms with Crippen LogP contribution in [0.25, 0.3) is 10.9 Å². The van der Waals surface area contributed by atoms with Gasteiger partial charge in [0.1, 0.15) is 10.4 Å². The van der Waals surface area contributed by atoms with Crippen LogP contribution in [0.3, 0.4) is 0 Å². The van der Waals surface area contributed by atoms with Gasteiger partial charge in [-0.2, -0.15) is 13.2 Å². The Kier molecular flexibility index (Phi) is 12.0. The van der Waals surface area contributed by atoms with E-state index in [0.29, 0.717) is 26.7 Å². The molecule has 2 aromatic heterocycles. The predicted molar refractivity (Wildman–Crippen MR) is 132 cm³/mol. The minimum absolute atomic E-state index is 0.210. The van der Waals surface area contributed by atoms with E-state index in [2.05, 4.69) is 50.0 Å². The molecule has 32 heavy (non-hydrogen) atoms. The number of thioether (sulfide) groups is 1. The summed E-state index contributed by atoms with van der Waals surface area (Å²) < 4.78 is 40.0. The number of pyridine rings is 1. The van der Waals surface area contributed by atoms with Crippen molar-refractivity contribution in [3.63, 3.8) is 0 Å². The van der Waals surface area contributed by atoms with Crippen LogP contribution in [-0.2, 0) is 12.7 Å². The topological polar surface area (TPSA) is 50.7 Å². The van der Waals surface area contributed by atoms with Crippen LogP contribution in [0.2, 0.25) is 0 Å². The average Bonchev–Trinajstić information content (AvgIpc) is 2.74. The number of hydrogen-bond donors (Lipinski definition) is 1. The molecule has 0 saturated heterocycles. The van der Waals surface area contributed by atoms with Crippen molar-refractivity contribution in [2.75, 3.05) is 11.1 Å². The molecule has 1 N–H and O–H groups in total. The first-order chi connectivity index (χ1) is 15.2. The first-order valence-electron chi connectivity index (χ1n) is 10.6. The second-order valence-electron chi connectivity index (χ2n) is 6.46. The summed E-state index contributed by atoms with van der Waals surface area (Å²) in [7, 11) is 0. The molecule has 0 spiro atoms. The van der Waals surface area contributed by atoms with Crippen LogP contribution in [0.1, 0.15) is 57.7 Å². The Bertz CT molecular complexity index is 997. The lowest BCUT2D eigenvalue weighted by Crippen LogP contribution is -2.11. The van der Waals surface area contributed by atoms with E-state index in [4.69, 9.17) is 0 Å². The fourth-order valence-corrected chi connectivity index (χ4v) is 3.58. The van der Waals surface area contributed by atoms with E-state index in [1.54, 1.807) is 18.3 Å². The Morgan fingerprint density at radius 3 is 2.34 bits per heavy atom. The van der Waals surface area contributed by atoms with Gasteiger partial charge in [0, 0.05) is 11.9 Å². The van der Waals surface area contributed by atoms with E-state index in [9.17, 15) is 13.2 Å². The van der Waals surface area contributed by atoms with E-state index in [-0.39, 0.29) is 12.1 Å². The number of aromatic nitrogens is 3. The summed E-state index contributed by atoms with van der Waals surface area (Å²) in [5, 5.41) is 4.52. The van der Waals surface area contributed by atoms with E-state index in [1.807, 2.05) is 20.8 Å². The molecule has 0 unspecified atom stereocenters. The third-order valence-corrected chi connectivity index (χ3v) is 5.16. The van der Waals surface area contributed by atoms with Gasteiger partial charge in [0.15, 0.2) is 5.16 Å². The Labute approximate surface area is 201 Å². The molecule has 0 amide bonds. The number of benzene rings is 1. The van der Waals surface area contributed by atoms with Gasteiger partial charge in [0.05, 0.1) is 17.3 Å². The fourth-order valence-electron chi connectivity index (χ4n) is 2.67. The zero-order chi connectivity index (χ0) is 24.3. The number of alkyl halides is 3. The molecule has 0 radical (unpaired) electrons. The summed E-state index contributed by atoms with van der Waals surface area (Å²) >= 11 is 4.82. The van der Waals surface area contributed by atoms with Gasteiger partial charge < -0.3 is 5.32 Å². The van der Waals surface area contributed by atoms with Crippen molar-refractivity contribution in [1.29, 1.82) is 0 Å². The summed E-state index contributed by atoms with van der Waals surface area (Å²) in [5.41, 5.74) is 0.826. The molecule has 0 aliphatic heterocycles. The highest BCUT2D eigenvalue weighted by Gasteiger charge is 2.32. The van der Waals surface area contributed by atoms with Gasteiger partial charge in [-0.05, 0) is 51.9 Å². The molecule has 9 heteroatoms. The minimum Gasteiger partial charge on any atom is -0.365 e. The zero-order valence-electron chi connectivity index (χ0n) is 19.3. The van der Waals surface area contributed by atoms with Crippen LogP contribution in [0.5, 0.6) is 0 Å². The molecule has 0 saturated carbocycles. The molecule has 1 aromatic carbocycles. The number of fused-ring (bicyclic) bond motifs is 1. The van der Waals surface area contributed by atoms with E-state index in [0.717, 1.165) is 17.2 Å². The fraction of sp³-hybridized carbons (Fsp3) is 0.435. The monoisotopic (exact) mass is 530 g/mol.